The predicted molar refractivity (Wildman–Crippen MR) is 71.1 cm³/mol. The molecular formula is C14H14F2N2S. The Labute approximate surface area is 114 Å². The molecule has 2 N–H and O–H groups in total. The summed E-state index contributed by atoms with van der Waals surface area (Å²) in [5.41, 5.74) is 7.43. The molecular weight excluding hydrogens is 266 g/mol. The lowest BCUT2D eigenvalue weighted by atomic mass is 10.1. The molecule has 100 valence electrons. The van der Waals surface area contributed by atoms with Crippen molar-refractivity contribution >= 4 is 11.3 Å². The van der Waals surface area contributed by atoms with Crippen molar-refractivity contribution in [2.45, 2.75) is 31.7 Å². The van der Waals surface area contributed by atoms with Crippen molar-refractivity contribution in [3.05, 3.63) is 51.0 Å². The largest absolute Gasteiger partial charge is 0.326 e. The fraction of sp³-hybridized carbons (Fsp3) is 0.357. The number of thiazole rings is 1. The van der Waals surface area contributed by atoms with Crippen LogP contribution in [0.4, 0.5) is 8.78 Å². The predicted octanol–water partition coefficient (Wildman–Crippen LogP) is 3.35. The monoisotopic (exact) mass is 280 g/mol. The van der Waals surface area contributed by atoms with Crippen LogP contribution in [0.15, 0.2) is 18.2 Å². The molecule has 0 atom stereocenters. The first-order valence-corrected chi connectivity index (χ1v) is 7.11. The minimum absolute atomic E-state index is 0.457. The molecule has 1 aliphatic rings. The van der Waals surface area contributed by atoms with Crippen molar-refractivity contribution < 1.29 is 8.78 Å². The van der Waals surface area contributed by atoms with Crippen molar-refractivity contribution in [1.29, 1.82) is 0 Å². The zero-order chi connectivity index (χ0) is 13.4. The van der Waals surface area contributed by atoms with Crippen LogP contribution in [0, 0.1) is 11.6 Å². The maximum atomic E-state index is 13.1. The average Bonchev–Trinajstić information content (AvgIpc) is 3.10. The topological polar surface area (TPSA) is 38.9 Å². The number of halogens is 2. The fourth-order valence-electron chi connectivity index (χ4n) is 2.20. The molecule has 2 aromatic rings. The molecule has 1 saturated carbocycles. The van der Waals surface area contributed by atoms with E-state index in [2.05, 4.69) is 4.98 Å². The molecule has 1 aromatic carbocycles. The average molecular weight is 280 g/mol. The van der Waals surface area contributed by atoms with E-state index < -0.39 is 11.6 Å². The number of hydrogen-bond donors (Lipinski definition) is 1. The quantitative estimate of drug-likeness (QED) is 0.932. The maximum absolute atomic E-state index is 13.1. The van der Waals surface area contributed by atoms with Gasteiger partial charge >= 0.3 is 0 Å². The third kappa shape index (κ3) is 2.82. The molecule has 1 fully saturated rings. The third-order valence-corrected chi connectivity index (χ3v) is 4.29. The summed E-state index contributed by atoms with van der Waals surface area (Å²) in [4.78, 5) is 5.70. The summed E-state index contributed by atoms with van der Waals surface area (Å²) in [5.74, 6) is -0.547. The lowest BCUT2D eigenvalue weighted by Crippen LogP contribution is -1.97. The molecule has 0 saturated heterocycles. The Morgan fingerprint density at radius 2 is 1.89 bits per heavy atom. The van der Waals surface area contributed by atoms with Gasteiger partial charge in [0.25, 0.3) is 0 Å². The van der Waals surface area contributed by atoms with Gasteiger partial charge in [0, 0.05) is 29.8 Å². The first kappa shape index (κ1) is 12.7. The lowest BCUT2D eigenvalue weighted by Gasteiger charge is -1.99. The van der Waals surface area contributed by atoms with Crippen LogP contribution in [0.5, 0.6) is 0 Å². The van der Waals surface area contributed by atoms with Crippen LogP contribution in [0.25, 0.3) is 0 Å². The number of nitrogens with two attached hydrogens (primary N) is 1. The van der Waals surface area contributed by atoms with Gasteiger partial charge < -0.3 is 5.73 Å². The van der Waals surface area contributed by atoms with Crippen LogP contribution in [-0.2, 0) is 13.0 Å². The molecule has 2 nitrogen and oxygen atoms in total. The van der Waals surface area contributed by atoms with Gasteiger partial charge in [-0.3, -0.25) is 0 Å². The van der Waals surface area contributed by atoms with Gasteiger partial charge in [0.1, 0.15) is 11.6 Å². The Morgan fingerprint density at radius 3 is 2.47 bits per heavy atom. The van der Waals surface area contributed by atoms with Gasteiger partial charge in [-0.2, -0.15) is 0 Å². The van der Waals surface area contributed by atoms with Crippen molar-refractivity contribution in [3.63, 3.8) is 0 Å². The summed E-state index contributed by atoms with van der Waals surface area (Å²) >= 11 is 1.55. The second kappa shape index (κ2) is 4.98. The van der Waals surface area contributed by atoms with E-state index in [4.69, 9.17) is 5.73 Å². The third-order valence-electron chi connectivity index (χ3n) is 3.20. The summed E-state index contributed by atoms with van der Waals surface area (Å²) in [7, 11) is 0. The summed E-state index contributed by atoms with van der Waals surface area (Å²) in [6.45, 7) is 0.487. The number of nitrogens with zero attached hydrogens (tertiary/aromatic N) is 1. The molecule has 0 unspecified atom stereocenters. The van der Waals surface area contributed by atoms with Crippen LogP contribution in [-0.4, -0.2) is 4.98 Å². The van der Waals surface area contributed by atoms with E-state index in [1.165, 1.54) is 25.0 Å². The summed E-state index contributed by atoms with van der Waals surface area (Å²) in [5, 5.41) is 0.882. The summed E-state index contributed by atoms with van der Waals surface area (Å²) in [6, 6.07) is 3.58. The van der Waals surface area contributed by atoms with E-state index in [9.17, 15) is 8.78 Å². The Kier molecular flexibility index (Phi) is 3.33. The minimum atomic E-state index is -0.548. The van der Waals surface area contributed by atoms with E-state index in [1.54, 1.807) is 11.3 Å². The van der Waals surface area contributed by atoms with Gasteiger partial charge in [0.15, 0.2) is 0 Å². The highest BCUT2D eigenvalue weighted by molar-refractivity contribution is 7.11. The summed E-state index contributed by atoms with van der Waals surface area (Å²) in [6.07, 6.45) is 2.80. The van der Waals surface area contributed by atoms with E-state index in [1.807, 2.05) is 0 Å². The number of hydrogen-bond acceptors (Lipinski definition) is 3. The standard InChI is InChI=1S/C14H14F2N2S/c15-10-3-8(4-11(16)6-10)5-13-18-14(9-1-2-9)12(7-17)19-13/h3-4,6,9H,1-2,5,7,17H2. The number of aromatic nitrogens is 1. The highest BCUT2D eigenvalue weighted by Gasteiger charge is 2.29. The van der Waals surface area contributed by atoms with Gasteiger partial charge in [-0.15, -0.1) is 11.3 Å². The Morgan fingerprint density at radius 1 is 1.21 bits per heavy atom. The normalized spacial score (nSPS) is 14.9. The lowest BCUT2D eigenvalue weighted by molar-refractivity contribution is 0.580. The first-order chi connectivity index (χ1) is 9.15. The maximum Gasteiger partial charge on any atom is 0.126 e. The highest BCUT2D eigenvalue weighted by Crippen LogP contribution is 2.42. The van der Waals surface area contributed by atoms with Crippen LogP contribution >= 0.6 is 11.3 Å². The highest BCUT2D eigenvalue weighted by atomic mass is 32.1. The molecule has 1 heterocycles. The van der Waals surface area contributed by atoms with Gasteiger partial charge in [-0.1, -0.05) is 0 Å². The Hall–Kier alpha value is -1.33. The molecule has 3 rings (SSSR count). The van der Waals surface area contributed by atoms with Crippen molar-refractivity contribution in [1.82, 2.24) is 4.98 Å². The van der Waals surface area contributed by atoms with E-state index in [0.29, 0.717) is 24.4 Å². The fourth-order valence-corrected chi connectivity index (χ4v) is 3.27. The number of rotatable bonds is 4. The minimum Gasteiger partial charge on any atom is -0.326 e. The second-order valence-corrected chi connectivity index (χ2v) is 6.02. The molecule has 0 spiro atoms. The second-order valence-electron chi connectivity index (χ2n) is 4.85. The molecule has 0 aliphatic heterocycles. The van der Waals surface area contributed by atoms with Gasteiger partial charge in [-0.05, 0) is 30.5 Å². The van der Waals surface area contributed by atoms with Gasteiger partial charge in [0.2, 0.25) is 0 Å². The van der Waals surface area contributed by atoms with Crippen molar-refractivity contribution in [2.24, 2.45) is 5.73 Å². The van der Waals surface area contributed by atoms with Crippen LogP contribution in [0.3, 0.4) is 0 Å². The Bertz CT molecular complexity index is 585. The zero-order valence-electron chi connectivity index (χ0n) is 10.3. The van der Waals surface area contributed by atoms with Gasteiger partial charge in [0.05, 0.1) is 10.7 Å². The van der Waals surface area contributed by atoms with Crippen molar-refractivity contribution in [2.75, 3.05) is 0 Å². The van der Waals surface area contributed by atoms with Crippen LogP contribution in [0.1, 0.15) is 39.9 Å². The Balaban J connectivity index is 1.86. The van der Waals surface area contributed by atoms with Crippen molar-refractivity contribution in [3.8, 4) is 0 Å². The molecule has 1 aliphatic carbocycles. The first-order valence-electron chi connectivity index (χ1n) is 6.29. The SMILES string of the molecule is NCc1sc(Cc2cc(F)cc(F)c2)nc1C1CC1. The molecule has 19 heavy (non-hydrogen) atoms. The van der Waals surface area contributed by atoms with E-state index in [-0.39, 0.29) is 0 Å². The van der Waals surface area contributed by atoms with Crippen LogP contribution < -0.4 is 5.73 Å². The molecule has 0 amide bonds. The van der Waals surface area contributed by atoms with Gasteiger partial charge in [-0.25, -0.2) is 13.8 Å². The van der Waals surface area contributed by atoms with E-state index >= 15 is 0 Å². The van der Waals surface area contributed by atoms with E-state index in [0.717, 1.165) is 21.6 Å². The number of benzene rings is 1. The molecule has 0 bridgehead atoms. The smallest absolute Gasteiger partial charge is 0.126 e. The van der Waals surface area contributed by atoms with Crippen LogP contribution in [0.2, 0.25) is 0 Å². The molecule has 1 aromatic heterocycles. The zero-order valence-corrected chi connectivity index (χ0v) is 11.1. The molecule has 5 heteroatoms. The molecule has 0 radical (unpaired) electrons. The summed E-state index contributed by atoms with van der Waals surface area (Å²) < 4.78 is 26.3.